The third kappa shape index (κ3) is 5.81. The maximum Gasteiger partial charge on any atom is 0.330 e. The van der Waals surface area contributed by atoms with Crippen LogP contribution in [0.5, 0.6) is 0 Å². The highest BCUT2D eigenvalue weighted by molar-refractivity contribution is 6.34. The van der Waals surface area contributed by atoms with Crippen LogP contribution in [0.4, 0.5) is 0 Å². The van der Waals surface area contributed by atoms with Crippen molar-refractivity contribution in [2.75, 3.05) is 0 Å². The molecule has 0 saturated heterocycles. The average Bonchev–Trinajstić information content (AvgIpc) is 2.64. The molecule has 0 aliphatic rings. The van der Waals surface area contributed by atoms with E-state index in [1.807, 2.05) is 30.3 Å². The molecule has 0 atom stereocenters. The van der Waals surface area contributed by atoms with Gasteiger partial charge in [-0.3, -0.25) is 14.3 Å². The van der Waals surface area contributed by atoms with E-state index in [4.69, 9.17) is 32.7 Å². The average molecular weight is 421 g/mol. The van der Waals surface area contributed by atoms with Gasteiger partial charge >= 0.3 is 5.69 Å². The normalized spacial score (nSPS) is 10.9. The van der Waals surface area contributed by atoms with Gasteiger partial charge in [-0.05, 0) is 29.3 Å². The number of nitrogens with zero attached hydrogens (tertiary/aromatic N) is 1. The van der Waals surface area contributed by atoms with E-state index in [-0.39, 0.29) is 19.9 Å². The molecule has 3 rings (SSSR count). The molecule has 0 spiro atoms. The highest BCUT2D eigenvalue weighted by Gasteiger charge is 2.08. The fourth-order valence-corrected chi connectivity index (χ4v) is 3.20. The molecule has 0 aliphatic carbocycles. The van der Waals surface area contributed by atoms with E-state index >= 15 is 0 Å². The number of benzene rings is 2. The molecule has 0 fully saturated rings. The van der Waals surface area contributed by atoms with Crippen molar-refractivity contribution >= 4 is 23.2 Å². The Morgan fingerprint density at radius 2 is 1.50 bits per heavy atom. The number of ether oxygens (including phenoxy) is 2. The quantitative estimate of drug-likeness (QED) is 0.602. The molecule has 0 amide bonds. The van der Waals surface area contributed by atoms with Crippen LogP contribution in [0.1, 0.15) is 16.8 Å². The molecular weight excluding hydrogens is 403 g/mol. The summed E-state index contributed by atoms with van der Waals surface area (Å²) in [4.78, 5) is 26.1. The molecule has 1 N–H and O–H groups in total. The third-order valence-corrected chi connectivity index (χ3v) is 4.33. The van der Waals surface area contributed by atoms with Gasteiger partial charge in [0.2, 0.25) is 0 Å². The summed E-state index contributed by atoms with van der Waals surface area (Å²) in [6, 6.07) is 16.0. The van der Waals surface area contributed by atoms with Gasteiger partial charge in [0, 0.05) is 16.1 Å². The minimum atomic E-state index is -0.560. The Kier molecular flexibility index (Phi) is 7.06. The van der Waals surface area contributed by atoms with Crippen molar-refractivity contribution in [3.63, 3.8) is 0 Å². The zero-order valence-corrected chi connectivity index (χ0v) is 16.4. The molecule has 28 heavy (non-hydrogen) atoms. The zero-order valence-electron chi connectivity index (χ0n) is 14.9. The number of nitrogens with one attached hydrogen (secondary N) is 1. The number of halogens is 2. The van der Waals surface area contributed by atoms with Crippen molar-refractivity contribution in [1.82, 2.24) is 9.55 Å². The Labute approximate surface area is 171 Å². The molecule has 0 bridgehead atoms. The van der Waals surface area contributed by atoms with Gasteiger partial charge in [0.25, 0.3) is 5.56 Å². The first-order valence-electron chi connectivity index (χ1n) is 8.49. The van der Waals surface area contributed by atoms with Crippen LogP contribution < -0.4 is 11.2 Å². The topological polar surface area (TPSA) is 73.3 Å². The van der Waals surface area contributed by atoms with Crippen LogP contribution in [0.2, 0.25) is 10.0 Å². The van der Waals surface area contributed by atoms with Gasteiger partial charge in [0.1, 0.15) is 6.73 Å². The summed E-state index contributed by atoms with van der Waals surface area (Å²) >= 11 is 11.9. The molecule has 1 aromatic heterocycles. The van der Waals surface area contributed by atoms with E-state index in [1.54, 1.807) is 18.2 Å². The Morgan fingerprint density at radius 1 is 0.821 bits per heavy atom. The van der Waals surface area contributed by atoms with Crippen LogP contribution in [0, 0.1) is 0 Å². The van der Waals surface area contributed by atoms with E-state index in [2.05, 4.69) is 4.98 Å². The maximum absolute atomic E-state index is 12.2. The second-order valence-corrected chi connectivity index (χ2v) is 6.96. The molecular formula is C20H18Cl2N2O4. The van der Waals surface area contributed by atoms with Crippen LogP contribution >= 0.6 is 23.2 Å². The molecule has 6 nitrogen and oxygen atoms in total. The number of H-pyrrole nitrogens is 1. The van der Waals surface area contributed by atoms with Gasteiger partial charge in [-0.2, -0.15) is 0 Å². The summed E-state index contributed by atoms with van der Waals surface area (Å²) in [5, 5.41) is 1.00. The van der Waals surface area contributed by atoms with E-state index < -0.39 is 11.2 Å². The second-order valence-electron chi connectivity index (χ2n) is 6.09. The molecule has 0 aliphatic heterocycles. The van der Waals surface area contributed by atoms with Gasteiger partial charge < -0.3 is 9.47 Å². The Morgan fingerprint density at radius 3 is 2.21 bits per heavy atom. The molecule has 2 aromatic carbocycles. The summed E-state index contributed by atoms with van der Waals surface area (Å²) in [6.45, 7) is 0.615. The molecule has 8 heteroatoms. The Bertz CT molecular complexity index is 1030. The predicted molar refractivity (Wildman–Crippen MR) is 108 cm³/mol. The highest BCUT2D eigenvalue weighted by atomic mass is 35.5. The number of hydrogen-bond acceptors (Lipinski definition) is 4. The Hall–Kier alpha value is -2.38. The number of rotatable bonds is 8. The molecule has 0 radical (unpaired) electrons. The standard InChI is InChI=1S/C20H18Cl2N2O4/c21-16-6-15(7-17(22)8-16)11-28-13-24-18(9-19(25)23-20(24)26)12-27-10-14-4-2-1-3-5-14/h1-9H,10-13H2,(H,23,25,26). The molecule has 0 saturated carbocycles. The monoisotopic (exact) mass is 420 g/mol. The van der Waals surface area contributed by atoms with Crippen LogP contribution in [0.15, 0.2) is 64.2 Å². The Balaban J connectivity index is 1.66. The zero-order chi connectivity index (χ0) is 19.9. The number of aromatic nitrogens is 2. The van der Waals surface area contributed by atoms with E-state index in [0.717, 1.165) is 11.1 Å². The van der Waals surface area contributed by atoms with Gasteiger partial charge in [-0.15, -0.1) is 0 Å². The maximum atomic E-state index is 12.2. The molecule has 3 aromatic rings. The summed E-state index contributed by atoms with van der Waals surface area (Å²) < 4.78 is 12.6. The minimum absolute atomic E-state index is 0.0518. The molecule has 1 heterocycles. The first-order valence-corrected chi connectivity index (χ1v) is 9.24. The van der Waals surface area contributed by atoms with Gasteiger partial charge in [-0.25, -0.2) is 4.79 Å². The lowest BCUT2D eigenvalue weighted by atomic mass is 10.2. The van der Waals surface area contributed by atoms with Crippen molar-refractivity contribution in [2.45, 2.75) is 26.6 Å². The van der Waals surface area contributed by atoms with Crippen molar-refractivity contribution in [2.24, 2.45) is 0 Å². The smallest absolute Gasteiger partial charge is 0.330 e. The van der Waals surface area contributed by atoms with Crippen molar-refractivity contribution in [3.8, 4) is 0 Å². The highest BCUT2D eigenvalue weighted by Crippen LogP contribution is 2.19. The van der Waals surface area contributed by atoms with E-state index in [9.17, 15) is 9.59 Å². The largest absolute Gasteiger partial charge is 0.371 e. The predicted octanol–water partition coefficient (Wildman–Crippen LogP) is 3.73. The number of hydrogen-bond donors (Lipinski definition) is 1. The van der Waals surface area contributed by atoms with Crippen molar-refractivity contribution in [1.29, 1.82) is 0 Å². The van der Waals surface area contributed by atoms with Gasteiger partial charge in [0.05, 0.1) is 25.5 Å². The number of aromatic amines is 1. The fourth-order valence-electron chi connectivity index (χ4n) is 2.63. The van der Waals surface area contributed by atoms with Crippen molar-refractivity contribution < 1.29 is 9.47 Å². The lowest BCUT2D eigenvalue weighted by molar-refractivity contribution is 0.0485. The van der Waals surface area contributed by atoms with Crippen LogP contribution in [0.3, 0.4) is 0 Å². The first-order chi connectivity index (χ1) is 13.5. The van der Waals surface area contributed by atoms with Crippen LogP contribution in [-0.4, -0.2) is 9.55 Å². The van der Waals surface area contributed by atoms with Crippen molar-refractivity contribution in [3.05, 3.63) is 102 Å². The molecule has 0 unspecified atom stereocenters. The first kappa shape index (κ1) is 20.4. The van der Waals surface area contributed by atoms with E-state index in [0.29, 0.717) is 22.3 Å². The lowest BCUT2D eigenvalue weighted by Crippen LogP contribution is -2.33. The molecule has 146 valence electrons. The van der Waals surface area contributed by atoms with Gasteiger partial charge in [0.15, 0.2) is 0 Å². The minimum Gasteiger partial charge on any atom is -0.371 e. The summed E-state index contributed by atoms with van der Waals surface area (Å²) in [5.74, 6) is 0. The SMILES string of the molecule is O=c1cc(COCc2ccccc2)n(COCc2cc(Cl)cc(Cl)c2)c(=O)[nH]1. The third-order valence-electron chi connectivity index (χ3n) is 3.89. The van der Waals surface area contributed by atoms with E-state index in [1.165, 1.54) is 10.6 Å². The summed E-state index contributed by atoms with van der Waals surface area (Å²) in [7, 11) is 0. The summed E-state index contributed by atoms with van der Waals surface area (Å²) in [6.07, 6.45) is 0. The lowest BCUT2D eigenvalue weighted by Gasteiger charge is -2.13. The van der Waals surface area contributed by atoms with Gasteiger partial charge in [-0.1, -0.05) is 53.5 Å². The fraction of sp³-hybridized carbons (Fsp3) is 0.200. The van der Waals surface area contributed by atoms with Crippen LogP contribution in [0.25, 0.3) is 0 Å². The van der Waals surface area contributed by atoms with Crippen LogP contribution in [-0.2, 0) is 36.0 Å². The summed E-state index contributed by atoms with van der Waals surface area (Å²) in [5.41, 5.74) is 1.15. The second kappa shape index (κ2) is 9.71.